The van der Waals surface area contributed by atoms with Gasteiger partial charge in [-0.2, -0.15) is 5.26 Å². The summed E-state index contributed by atoms with van der Waals surface area (Å²) in [7, 11) is 1.58. The number of H-pyrrole nitrogens is 1. The third kappa shape index (κ3) is 4.99. The van der Waals surface area contributed by atoms with Crippen molar-refractivity contribution in [3.8, 4) is 17.6 Å². The number of hydrogen-bond acceptors (Lipinski definition) is 5. The number of allylic oxidation sites excluding steroid dienone is 1. The lowest BCUT2D eigenvalue weighted by Crippen LogP contribution is -1.99. The minimum atomic E-state index is -0.999. The number of carbonyl (C=O) groups is 1. The zero-order valence-electron chi connectivity index (χ0n) is 17.8. The molecule has 7 nitrogen and oxygen atoms in total. The Hall–Kier alpha value is -3.99. The predicted octanol–water partition coefficient (Wildman–Crippen LogP) is 6.22. The molecule has 3 aromatic carbocycles. The number of nitrogens with zero attached hydrogens (tertiary/aromatic N) is 2. The maximum absolute atomic E-state index is 11.0. The molecule has 0 saturated carbocycles. The fraction of sp³-hybridized carbons (Fsp3) is 0.0800. The van der Waals surface area contributed by atoms with E-state index in [0.29, 0.717) is 28.2 Å². The molecular weight excluding hydrogens is 477 g/mol. The fourth-order valence-electron chi connectivity index (χ4n) is 3.26. The van der Waals surface area contributed by atoms with Crippen LogP contribution >= 0.6 is 23.2 Å². The van der Waals surface area contributed by atoms with Crippen molar-refractivity contribution >= 4 is 51.9 Å². The Morgan fingerprint density at radius 1 is 1.15 bits per heavy atom. The van der Waals surface area contributed by atoms with Crippen LogP contribution in [0.2, 0.25) is 10.0 Å². The summed E-state index contributed by atoms with van der Waals surface area (Å²) in [6.07, 6.45) is 1.63. The number of nitrogens with one attached hydrogen (secondary N) is 1. The van der Waals surface area contributed by atoms with Gasteiger partial charge in [-0.05, 0) is 53.6 Å². The van der Waals surface area contributed by atoms with Crippen LogP contribution in [0.4, 0.5) is 0 Å². The first-order valence-corrected chi connectivity index (χ1v) is 10.7. The smallest absolute Gasteiger partial charge is 0.335 e. The number of ether oxygens (including phenoxy) is 2. The van der Waals surface area contributed by atoms with Crippen LogP contribution in [0.5, 0.6) is 11.5 Å². The van der Waals surface area contributed by atoms with Crippen LogP contribution in [0.3, 0.4) is 0 Å². The van der Waals surface area contributed by atoms with Crippen molar-refractivity contribution in [1.29, 1.82) is 5.26 Å². The van der Waals surface area contributed by atoms with E-state index in [-0.39, 0.29) is 28.0 Å². The number of rotatable bonds is 7. The van der Waals surface area contributed by atoms with Crippen molar-refractivity contribution in [2.75, 3.05) is 7.11 Å². The Morgan fingerprint density at radius 3 is 2.47 bits per heavy atom. The third-order valence-corrected chi connectivity index (χ3v) is 5.54. The number of benzene rings is 3. The van der Waals surface area contributed by atoms with Gasteiger partial charge in [0.2, 0.25) is 0 Å². The second-order valence-electron chi connectivity index (χ2n) is 7.24. The number of aromatic carboxylic acids is 1. The van der Waals surface area contributed by atoms with E-state index in [4.69, 9.17) is 37.8 Å². The minimum absolute atomic E-state index is 0.153. The summed E-state index contributed by atoms with van der Waals surface area (Å²) in [5, 5.41) is 19.2. The molecule has 0 amide bonds. The summed E-state index contributed by atoms with van der Waals surface area (Å²) in [6, 6.07) is 17.1. The van der Waals surface area contributed by atoms with Gasteiger partial charge in [-0.1, -0.05) is 35.3 Å². The van der Waals surface area contributed by atoms with Crippen LogP contribution in [0.25, 0.3) is 22.7 Å². The van der Waals surface area contributed by atoms with E-state index in [9.17, 15) is 10.1 Å². The normalized spacial score (nSPS) is 11.3. The van der Waals surface area contributed by atoms with Gasteiger partial charge in [-0.25, -0.2) is 9.78 Å². The Kier molecular flexibility index (Phi) is 6.73. The lowest BCUT2D eigenvalue weighted by molar-refractivity contribution is 0.0697. The number of fused-ring (bicyclic) bond motifs is 1. The zero-order valence-corrected chi connectivity index (χ0v) is 19.3. The summed E-state index contributed by atoms with van der Waals surface area (Å²) < 4.78 is 11.0. The molecule has 0 fully saturated rings. The average Bonchev–Trinajstić information content (AvgIpc) is 3.25. The van der Waals surface area contributed by atoms with Crippen molar-refractivity contribution in [2.45, 2.75) is 6.61 Å². The Bertz CT molecular complexity index is 1430. The van der Waals surface area contributed by atoms with E-state index in [0.717, 1.165) is 11.1 Å². The highest BCUT2D eigenvalue weighted by molar-refractivity contribution is 6.37. The highest BCUT2D eigenvalue weighted by atomic mass is 35.5. The van der Waals surface area contributed by atoms with Gasteiger partial charge in [-0.15, -0.1) is 0 Å². The number of nitriles is 1. The number of halogens is 2. The molecule has 0 spiro atoms. The molecule has 0 saturated heterocycles. The number of methoxy groups -OCH3 is 1. The number of aromatic nitrogens is 2. The van der Waals surface area contributed by atoms with E-state index < -0.39 is 5.97 Å². The predicted molar refractivity (Wildman–Crippen MR) is 130 cm³/mol. The lowest BCUT2D eigenvalue weighted by atomic mass is 10.1. The molecular formula is C25H17Cl2N3O4. The Morgan fingerprint density at radius 2 is 1.85 bits per heavy atom. The van der Waals surface area contributed by atoms with Gasteiger partial charge in [0, 0.05) is 6.07 Å². The quantitative estimate of drug-likeness (QED) is 0.296. The van der Waals surface area contributed by atoms with E-state index in [2.05, 4.69) is 16.0 Å². The molecule has 0 aliphatic rings. The van der Waals surface area contributed by atoms with Crippen molar-refractivity contribution in [3.63, 3.8) is 0 Å². The highest BCUT2D eigenvalue weighted by Gasteiger charge is 2.13. The second kappa shape index (κ2) is 9.87. The summed E-state index contributed by atoms with van der Waals surface area (Å²) in [4.78, 5) is 18.6. The second-order valence-corrected chi connectivity index (χ2v) is 8.06. The Labute approximate surface area is 204 Å². The van der Waals surface area contributed by atoms with E-state index in [1.54, 1.807) is 55.7 Å². The molecule has 4 aromatic rings. The molecule has 0 aliphatic carbocycles. The SMILES string of the molecule is COc1ccc2nc(/C(C#N)=C/c3cc(Cl)c(OCc4ccc(C(=O)O)cc4)c(Cl)c3)[nH]c2c1. The number of imidazole rings is 1. The van der Waals surface area contributed by atoms with Crippen LogP contribution in [-0.2, 0) is 6.61 Å². The molecule has 34 heavy (non-hydrogen) atoms. The number of aromatic amines is 1. The van der Waals surface area contributed by atoms with Gasteiger partial charge >= 0.3 is 5.97 Å². The average molecular weight is 494 g/mol. The molecule has 0 atom stereocenters. The molecule has 1 aromatic heterocycles. The van der Waals surface area contributed by atoms with Crippen LogP contribution in [0, 0.1) is 11.3 Å². The first-order chi connectivity index (χ1) is 16.4. The van der Waals surface area contributed by atoms with Gasteiger partial charge < -0.3 is 19.6 Å². The number of carboxylic acids is 1. The molecule has 4 rings (SSSR count). The van der Waals surface area contributed by atoms with Crippen molar-refractivity contribution in [3.05, 3.63) is 87.2 Å². The van der Waals surface area contributed by atoms with Crippen molar-refractivity contribution < 1.29 is 19.4 Å². The maximum atomic E-state index is 11.0. The van der Waals surface area contributed by atoms with E-state index >= 15 is 0 Å². The van der Waals surface area contributed by atoms with Gasteiger partial charge in [0.15, 0.2) is 5.75 Å². The van der Waals surface area contributed by atoms with E-state index in [1.807, 2.05) is 0 Å². The number of carboxylic acid groups (broad SMARTS) is 1. The largest absolute Gasteiger partial charge is 0.497 e. The molecule has 9 heteroatoms. The van der Waals surface area contributed by atoms with Crippen LogP contribution in [0.1, 0.15) is 27.3 Å². The molecule has 0 unspecified atom stereocenters. The maximum Gasteiger partial charge on any atom is 0.335 e. The van der Waals surface area contributed by atoms with Crippen LogP contribution in [-0.4, -0.2) is 28.2 Å². The fourth-order valence-corrected chi connectivity index (χ4v) is 3.88. The molecule has 0 radical (unpaired) electrons. The zero-order chi connectivity index (χ0) is 24.2. The topological polar surface area (TPSA) is 108 Å². The summed E-state index contributed by atoms with van der Waals surface area (Å²) >= 11 is 12.8. The molecule has 0 aliphatic heterocycles. The number of hydrogen-bond donors (Lipinski definition) is 2. The van der Waals surface area contributed by atoms with Gasteiger partial charge in [0.25, 0.3) is 0 Å². The highest BCUT2D eigenvalue weighted by Crippen LogP contribution is 2.36. The molecule has 2 N–H and O–H groups in total. The monoisotopic (exact) mass is 493 g/mol. The summed E-state index contributed by atoms with van der Waals surface area (Å²) in [5.41, 5.74) is 3.29. The minimum Gasteiger partial charge on any atom is -0.497 e. The lowest BCUT2D eigenvalue weighted by Gasteiger charge is -2.11. The van der Waals surface area contributed by atoms with Gasteiger partial charge in [0.1, 0.15) is 24.3 Å². The van der Waals surface area contributed by atoms with Crippen LogP contribution < -0.4 is 9.47 Å². The standard InChI is InChI=1S/C25H17Cl2N3O4/c1-33-18-6-7-21-22(11-18)30-24(29-21)17(12-28)8-15-9-19(26)23(20(27)10-15)34-13-14-2-4-16(5-3-14)25(31)32/h2-11H,13H2,1H3,(H,29,30)(H,31,32)/b17-8+. The molecule has 0 bridgehead atoms. The van der Waals surface area contributed by atoms with Crippen molar-refractivity contribution in [1.82, 2.24) is 9.97 Å². The summed E-state index contributed by atoms with van der Waals surface area (Å²) in [5.74, 6) is 0.374. The molecule has 170 valence electrons. The first-order valence-electron chi connectivity index (χ1n) is 9.98. The van der Waals surface area contributed by atoms with Crippen LogP contribution in [0.15, 0.2) is 54.6 Å². The Balaban J connectivity index is 1.56. The molecule has 1 heterocycles. The van der Waals surface area contributed by atoms with E-state index in [1.165, 1.54) is 12.1 Å². The van der Waals surface area contributed by atoms with Gasteiger partial charge in [-0.3, -0.25) is 0 Å². The first kappa shape index (κ1) is 23.2. The summed E-state index contributed by atoms with van der Waals surface area (Å²) in [6.45, 7) is 0.153. The van der Waals surface area contributed by atoms with Crippen molar-refractivity contribution in [2.24, 2.45) is 0 Å². The van der Waals surface area contributed by atoms with Gasteiger partial charge in [0.05, 0.1) is 39.3 Å². The third-order valence-electron chi connectivity index (χ3n) is 4.98.